The maximum Gasteiger partial charge on any atom is 0.111 e. The molecule has 1 aromatic heterocycles. The van der Waals surface area contributed by atoms with Crippen molar-refractivity contribution in [2.24, 2.45) is 0 Å². The van der Waals surface area contributed by atoms with E-state index in [-0.39, 0.29) is 0 Å². The molecule has 0 bridgehead atoms. The second-order valence-corrected chi connectivity index (χ2v) is 4.62. The molecule has 1 atom stereocenters. The Morgan fingerprint density at radius 3 is 2.93 bits per heavy atom. The zero-order valence-electron chi connectivity index (χ0n) is 8.36. The minimum atomic E-state index is -0.400. The third-order valence-corrected chi connectivity index (χ3v) is 3.69. The summed E-state index contributed by atoms with van der Waals surface area (Å²) in [6.45, 7) is 1.96. The Hall–Kier alpha value is -0.670. The predicted octanol–water partition coefficient (Wildman–Crippen LogP) is 2.99. The zero-order valence-corrected chi connectivity index (χ0v) is 9.18. The summed E-state index contributed by atoms with van der Waals surface area (Å²) in [6, 6.07) is 0. The molecule has 0 spiro atoms. The molecule has 3 heteroatoms. The highest BCUT2D eigenvalue weighted by Crippen LogP contribution is 2.32. The average molecular weight is 209 g/mol. The van der Waals surface area contributed by atoms with Gasteiger partial charge in [-0.25, -0.2) is 4.98 Å². The van der Waals surface area contributed by atoms with Crippen molar-refractivity contribution < 1.29 is 5.11 Å². The van der Waals surface area contributed by atoms with Crippen LogP contribution in [0.15, 0.2) is 17.2 Å². The lowest BCUT2D eigenvalue weighted by Gasteiger charge is -2.17. The summed E-state index contributed by atoms with van der Waals surface area (Å²) in [5.41, 5.74) is 3.95. The molecule has 14 heavy (non-hydrogen) atoms. The van der Waals surface area contributed by atoms with E-state index in [4.69, 9.17) is 0 Å². The number of rotatable bonds is 2. The molecule has 1 unspecified atom stereocenters. The number of allylic oxidation sites excluding steroid dienone is 1. The van der Waals surface area contributed by atoms with Crippen molar-refractivity contribution in [3.63, 3.8) is 0 Å². The first-order valence-electron chi connectivity index (χ1n) is 5.06. The van der Waals surface area contributed by atoms with E-state index in [2.05, 4.69) is 11.1 Å². The van der Waals surface area contributed by atoms with Crippen LogP contribution in [0.5, 0.6) is 0 Å². The molecule has 0 radical (unpaired) electrons. The lowest BCUT2D eigenvalue weighted by Crippen LogP contribution is -2.04. The van der Waals surface area contributed by atoms with Crippen LogP contribution in [0.3, 0.4) is 0 Å². The number of aryl methyl sites for hydroxylation is 1. The number of aromatic nitrogens is 1. The van der Waals surface area contributed by atoms with Crippen LogP contribution in [0, 0.1) is 6.92 Å². The molecule has 0 saturated carbocycles. The van der Waals surface area contributed by atoms with E-state index in [9.17, 15) is 5.11 Å². The molecule has 1 aromatic rings. The Morgan fingerprint density at radius 2 is 2.36 bits per heavy atom. The van der Waals surface area contributed by atoms with Gasteiger partial charge in [-0.1, -0.05) is 6.08 Å². The van der Waals surface area contributed by atoms with Crippen molar-refractivity contribution in [1.82, 2.24) is 4.98 Å². The predicted molar refractivity (Wildman–Crippen MR) is 58.4 cm³/mol. The molecule has 0 aliphatic heterocycles. The lowest BCUT2D eigenvalue weighted by molar-refractivity contribution is 0.211. The summed E-state index contributed by atoms with van der Waals surface area (Å²) in [5, 5.41) is 10.1. The fourth-order valence-corrected chi connectivity index (χ4v) is 2.68. The van der Waals surface area contributed by atoms with Crippen LogP contribution in [0.1, 0.15) is 42.4 Å². The highest BCUT2D eigenvalue weighted by Gasteiger charge is 2.18. The molecule has 1 N–H and O–H groups in total. The lowest BCUT2D eigenvalue weighted by atomic mass is 9.94. The van der Waals surface area contributed by atoms with Gasteiger partial charge in [0.25, 0.3) is 0 Å². The number of hydrogen-bond acceptors (Lipinski definition) is 3. The van der Waals surface area contributed by atoms with Gasteiger partial charge in [0.05, 0.1) is 16.1 Å². The summed E-state index contributed by atoms with van der Waals surface area (Å²) >= 11 is 1.55. The highest BCUT2D eigenvalue weighted by molar-refractivity contribution is 7.09. The van der Waals surface area contributed by atoms with Gasteiger partial charge in [-0.3, -0.25) is 0 Å². The van der Waals surface area contributed by atoms with Crippen molar-refractivity contribution in [1.29, 1.82) is 0 Å². The van der Waals surface area contributed by atoms with Crippen LogP contribution < -0.4 is 0 Å². The molecule has 2 rings (SSSR count). The van der Waals surface area contributed by atoms with E-state index in [1.165, 1.54) is 18.4 Å². The first kappa shape index (κ1) is 9.87. The Labute approximate surface area is 88.3 Å². The van der Waals surface area contributed by atoms with E-state index in [1.54, 1.807) is 16.8 Å². The molecule has 1 aliphatic rings. The monoisotopic (exact) mass is 209 g/mol. The fraction of sp³-hybridized carbons (Fsp3) is 0.545. The number of nitrogens with zero attached hydrogens (tertiary/aromatic N) is 1. The van der Waals surface area contributed by atoms with Gasteiger partial charge in [0.2, 0.25) is 0 Å². The standard InChI is InChI=1S/C11H15NOS/c1-8-11(14-7-12-8)10(13)9-5-3-2-4-6-9/h5,7,10,13H,2-4,6H2,1H3. The molecule has 0 saturated heterocycles. The quantitative estimate of drug-likeness (QED) is 0.760. The van der Waals surface area contributed by atoms with Gasteiger partial charge in [0.1, 0.15) is 6.10 Å². The van der Waals surface area contributed by atoms with E-state index in [0.717, 1.165) is 23.4 Å². The van der Waals surface area contributed by atoms with E-state index >= 15 is 0 Å². The zero-order chi connectivity index (χ0) is 9.97. The first-order chi connectivity index (χ1) is 6.79. The van der Waals surface area contributed by atoms with Gasteiger partial charge >= 0.3 is 0 Å². The minimum absolute atomic E-state index is 0.400. The van der Waals surface area contributed by atoms with Crippen LogP contribution in [0.2, 0.25) is 0 Å². The van der Waals surface area contributed by atoms with Crippen LogP contribution in [0.4, 0.5) is 0 Å². The number of aliphatic hydroxyl groups excluding tert-OH is 1. The third kappa shape index (κ3) is 1.88. The molecule has 2 nitrogen and oxygen atoms in total. The van der Waals surface area contributed by atoms with Gasteiger partial charge in [-0.2, -0.15) is 0 Å². The van der Waals surface area contributed by atoms with Crippen LogP contribution in [0.25, 0.3) is 0 Å². The van der Waals surface area contributed by atoms with Gasteiger partial charge in [0, 0.05) is 0 Å². The smallest absolute Gasteiger partial charge is 0.111 e. The molecule has 76 valence electrons. The number of aliphatic hydroxyl groups is 1. The maximum atomic E-state index is 10.1. The molecule has 1 aliphatic carbocycles. The summed E-state index contributed by atoms with van der Waals surface area (Å²) < 4.78 is 0. The first-order valence-corrected chi connectivity index (χ1v) is 5.94. The maximum absolute atomic E-state index is 10.1. The second-order valence-electron chi connectivity index (χ2n) is 3.73. The molecular weight excluding hydrogens is 194 g/mol. The van der Waals surface area contributed by atoms with Crippen molar-refractivity contribution in [2.45, 2.75) is 38.7 Å². The van der Waals surface area contributed by atoms with E-state index in [0.29, 0.717) is 0 Å². The summed E-state index contributed by atoms with van der Waals surface area (Å²) in [4.78, 5) is 5.18. The number of hydrogen-bond donors (Lipinski definition) is 1. The molecule has 0 aromatic carbocycles. The fourth-order valence-electron chi connectivity index (χ4n) is 1.85. The van der Waals surface area contributed by atoms with Gasteiger partial charge in [-0.05, 0) is 38.2 Å². The van der Waals surface area contributed by atoms with Gasteiger partial charge < -0.3 is 5.11 Å². The van der Waals surface area contributed by atoms with E-state index in [1.807, 2.05) is 6.92 Å². The van der Waals surface area contributed by atoms with Gasteiger partial charge in [-0.15, -0.1) is 11.3 Å². The Balaban J connectivity index is 2.19. The van der Waals surface area contributed by atoms with Crippen molar-refractivity contribution in [3.05, 3.63) is 27.7 Å². The molecule has 0 amide bonds. The Morgan fingerprint density at radius 1 is 1.50 bits per heavy atom. The molecular formula is C11H15NOS. The summed E-state index contributed by atoms with van der Waals surface area (Å²) in [6.07, 6.45) is 6.41. The summed E-state index contributed by atoms with van der Waals surface area (Å²) in [5.74, 6) is 0. The molecule has 1 heterocycles. The van der Waals surface area contributed by atoms with E-state index < -0.39 is 6.10 Å². The molecule has 0 fully saturated rings. The Kier molecular flexibility index (Phi) is 2.99. The Bertz CT molecular complexity index is 343. The largest absolute Gasteiger partial charge is 0.383 e. The normalized spacial score (nSPS) is 19.1. The van der Waals surface area contributed by atoms with Crippen molar-refractivity contribution >= 4 is 11.3 Å². The topological polar surface area (TPSA) is 33.1 Å². The summed E-state index contributed by atoms with van der Waals surface area (Å²) in [7, 11) is 0. The van der Waals surface area contributed by atoms with Crippen LogP contribution in [-0.2, 0) is 0 Å². The van der Waals surface area contributed by atoms with Crippen molar-refractivity contribution in [2.75, 3.05) is 0 Å². The van der Waals surface area contributed by atoms with Gasteiger partial charge in [0.15, 0.2) is 0 Å². The third-order valence-electron chi connectivity index (χ3n) is 2.71. The highest BCUT2D eigenvalue weighted by atomic mass is 32.1. The number of thiazole rings is 1. The van der Waals surface area contributed by atoms with Crippen LogP contribution >= 0.6 is 11.3 Å². The second kappa shape index (κ2) is 4.24. The minimum Gasteiger partial charge on any atom is -0.383 e. The SMILES string of the molecule is Cc1ncsc1C(O)C1=CCCCC1. The van der Waals surface area contributed by atoms with Crippen LogP contribution in [-0.4, -0.2) is 10.1 Å². The van der Waals surface area contributed by atoms with Crippen molar-refractivity contribution in [3.8, 4) is 0 Å². The average Bonchev–Trinajstić information content (AvgIpc) is 2.65.